The predicted octanol–water partition coefficient (Wildman–Crippen LogP) is 4.38. The first kappa shape index (κ1) is 23.8. The molecule has 1 amide bonds. The highest BCUT2D eigenvalue weighted by Crippen LogP contribution is 2.29. The largest absolute Gasteiger partial charge is 0.474 e. The Labute approximate surface area is 209 Å². The first-order valence-electron chi connectivity index (χ1n) is 12.4. The lowest BCUT2D eigenvalue weighted by Crippen LogP contribution is -2.28. The van der Waals surface area contributed by atoms with Gasteiger partial charge in [0.2, 0.25) is 5.88 Å². The molecule has 1 atom stereocenters. The minimum Gasteiger partial charge on any atom is -0.474 e. The summed E-state index contributed by atoms with van der Waals surface area (Å²) < 4.78 is 13.2. The van der Waals surface area contributed by atoms with Gasteiger partial charge in [0, 0.05) is 25.8 Å². The third-order valence-electron chi connectivity index (χ3n) is 6.15. The van der Waals surface area contributed by atoms with Crippen molar-refractivity contribution in [3.8, 4) is 5.88 Å². The van der Waals surface area contributed by atoms with Gasteiger partial charge in [-0.1, -0.05) is 11.7 Å². The number of hydrogen-bond acceptors (Lipinski definition) is 8. The zero-order valence-electron chi connectivity index (χ0n) is 20.5. The number of anilines is 3. The van der Waals surface area contributed by atoms with Gasteiger partial charge in [0.1, 0.15) is 23.3 Å². The Balaban J connectivity index is 1.48. The molecule has 0 aromatic carbocycles. The second-order valence-electron chi connectivity index (χ2n) is 9.25. The zero-order chi connectivity index (χ0) is 25.1. The number of carbonyl (C=O) groups is 1. The van der Waals surface area contributed by atoms with Gasteiger partial charge in [-0.05, 0) is 58.1 Å². The Bertz CT molecular complexity index is 1290. The molecular formula is C25H30N8O3. The van der Waals surface area contributed by atoms with Gasteiger partial charge >= 0.3 is 0 Å². The summed E-state index contributed by atoms with van der Waals surface area (Å²) in [6, 6.07) is 5.32. The fourth-order valence-corrected chi connectivity index (χ4v) is 4.43. The molecular weight excluding hydrogens is 460 g/mol. The Hall–Kier alpha value is -3.91. The van der Waals surface area contributed by atoms with E-state index in [4.69, 9.17) is 16.0 Å². The van der Waals surface area contributed by atoms with E-state index in [0.29, 0.717) is 41.0 Å². The maximum atomic E-state index is 13.1. The highest BCUT2D eigenvalue weighted by molar-refractivity contribution is 5.97. The first-order chi connectivity index (χ1) is 17.5. The van der Waals surface area contributed by atoms with Crippen LogP contribution < -0.4 is 15.4 Å². The van der Waals surface area contributed by atoms with Crippen LogP contribution >= 0.6 is 0 Å². The maximum Gasteiger partial charge on any atom is 0.275 e. The average Bonchev–Trinajstić information content (AvgIpc) is 3.55. The van der Waals surface area contributed by atoms with E-state index < -0.39 is 0 Å². The van der Waals surface area contributed by atoms with E-state index >= 15 is 0 Å². The summed E-state index contributed by atoms with van der Waals surface area (Å²) in [5, 5.41) is 11.2. The lowest BCUT2D eigenvalue weighted by molar-refractivity contribution is 0.0340. The number of nitrogens with zero attached hydrogens (tertiary/aromatic N) is 6. The maximum absolute atomic E-state index is 13.1. The van der Waals surface area contributed by atoms with Gasteiger partial charge in [0.15, 0.2) is 5.82 Å². The molecule has 2 fully saturated rings. The third-order valence-corrected chi connectivity index (χ3v) is 6.15. The number of aromatic nitrogens is 4. The Kier molecular flexibility index (Phi) is 6.86. The van der Waals surface area contributed by atoms with Crippen molar-refractivity contribution in [1.82, 2.24) is 24.5 Å². The topological polar surface area (TPSA) is 110 Å². The van der Waals surface area contributed by atoms with Gasteiger partial charge in [0.25, 0.3) is 17.4 Å². The van der Waals surface area contributed by atoms with Crippen LogP contribution in [-0.2, 0) is 4.74 Å². The number of fused-ring (bicyclic) bond motifs is 1. The Morgan fingerprint density at radius 3 is 2.78 bits per heavy atom. The molecule has 2 N–H and O–H groups in total. The molecule has 0 bridgehead atoms. The van der Waals surface area contributed by atoms with Crippen LogP contribution in [0.25, 0.3) is 10.5 Å². The summed E-state index contributed by atoms with van der Waals surface area (Å²) in [4.78, 5) is 27.5. The number of rotatable bonds is 7. The van der Waals surface area contributed by atoms with Gasteiger partial charge < -0.3 is 29.9 Å². The molecule has 11 heteroatoms. The van der Waals surface area contributed by atoms with Gasteiger partial charge in [-0.2, -0.15) is 4.98 Å². The summed E-state index contributed by atoms with van der Waals surface area (Å²) in [7, 11) is 0. The molecule has 188 valence electrons. The van der Waals surface area contributed by atoms with Crippen molar-refractivity contribution in [2.75, 3.05) is 30.3 Å². The molecule has 0 aliphatic carbocycles. The normalized spacial score (nSPS) is 17.8. The van der Waals surface area contributed by atoms with E-state index in [-0.39, 0.29) is 24.1 Å². The number of likely N-dealkylation sites (tertiary alicyclic amines) is 1. The van der Waals surface area contributed by atoms with Crippen molar-refractivity contribution >= 4 is 34.7 Å². The van der Waals surface area contributed by atoms with Gasteiger partial charge in [-0.15, -0.1) is 4.52 Å². The minimum absolute atomic E-state index is 0.0672. The summed E-state index contributed by atoms with van der Waals surface area (Å²) in [6.07, 6.45) is 6.22. The quantitative estimate of drug-likeness (QED) is 0.470. The van der Waals surface area contributed by atoms with Crippen molar-refractivity contribution in [2.24, 2.45) is 0 Å². The number of amides is 1. The van der Waals surface area contributed by atoms with E-state index in [9.17, 15) is 4.79 Å². The fraction of sp³-hybridized carbons (Fsp3) is 0.480. The van der Waals surface area contributed by atoms with Crippen molar-refractivity contribution in [3.63, 3.8) is 0 Å². The predicted molar refractivity (Wildman–Crippen MR) is 135 cm³/mol. The second-order valence-corrected chi connectivity index (χ2v) is 9.25. The van der Waals surface area contributed by atoms with E-state index in [1.54, 1.807) is 12.1 Å². The number of pyridine rings is 1. The average molecular weight is 491 g/mol. The van der Waals surface area contributed by atoms with E-state index in [0.717, 1.165) is 45.2 Å². The van der Waals surface area contributed by atoms with E-state index in [2.05, 4.69) is 30.5 Å². The lowest BCUT2D eigenvalue weighted by Gasteiger charge is -2.23. The van der Waals surface area contributed by atoms with Crippen LogP contribution in [0, 0.1) is 6.57 Å². The molecule has 2 aliphatic heterocycles. The summed E-state index contributed by atoms with van der Waals surface area (Å²) >= 11 is 0. The highest BCUT2D eigenvalue weighted by atomic mass is 16.5. The van der Waals surface area contributed by atoms with E-state index in [1.165, 1.54) is 10.7 Å². The van der Waals surface area contributed by atoms with Gasteiger partial charge in [0.05, 0.1) is 12.3 Å². The summed E-state index contributed by atoms with van der Waals surface area (Å²) in [6.45, 7) is 13.5. The first-order valence-corrected chi connectivity index (χ1v) is 12.4. The number of ether oxygens (including phenoxy) is 2. The van der Waals surface area contributed by atoms with Crippen molar-refractivity contribution in [1.29, 1.82) is 0 Å². The van der Waals surface area contributed by atoms with Crippen LogP contribution in [0.3, 0.4) is 0 Å². The Morgan fingerprint density at radius 2 is 2.06 bits per heavy atom. The molecule has 11 nitrogen and oxygen atoms in total. The molecule has 3 aromatic rings. The molecule has 3 aromatic heterocycles. The molecule has 5 heterocycles. The monoisotopic (exact) mass is 490 g/mol. The molecule has 0 radical (unpaired) electrons. The van der Waals surface area contributed by atoms with Gasteiger partial charge in [-0.3, -0.25) is 4.79 Å². The van der Waals surface area contributed by atoms with Gasteiger partial charge in [-0.25, -0.2) is 4.98 Å². The van der Waals surface area contributed by atoms with Crippen molar-refractivity contribution < 1.29 is 14.3 Å². The number of nitrogens with one attached hydrogen (secondary N) is 2. The fourth-order valence-electron chi connectivity index (χ4n) is 4.43. The van der Waals surface area contributed by atoms with Crippen LogP contribution in [0.2, 0.25) is 0 Å². The zero-order valence-corrected chi connectivity index (χ0v) is 20.5. The lowest BCUT2D eigenvalue weighted by atomic mass is 10.2. The smallest absolute Gasteiger partial charge is 0.275 e. The molecule has 0 spiro atoms. The molecule has 5 rings (SSSR count). The summed E-state index contributed by atoms with van der Waals surface area (Å²) in [5.41, 5.74) is 1.55. The third kappa shape index (κ3) is 5.04. The van der Waals surface area contributed by atoms with Crippen molar-refractivity contribution in [3.05, 3.63) is 41.4 Å². The molecule has 0 saturated carbocycles. The second kappa shape index (κ2) is 10.4. The molecule has 2 aliphatic rings. The number of imidazole rings is 1. The number of hydrogen-bond donors (Lipinski definition) is 2. The SMILES string of the molecule is [C-]#[N+]c1cnc2c(Nc3ccc(C(=O)N4CCCC4)c(OC(C)C)n3)cc(NC3CCCCO3)nn12. The molecule has 1 unspecified atom stereocenters. The van der Waals surface area contributed by atoms with Crippen LogP contribution in [0.1, 0.15) is 56.3 Å². The van der Waals surface area contributed by atoms with Crippen LogP contribution in [0.5, 0.6) is 5.88 Å². The van der Waals surface area contributed by atoms with Crippen LogP contribution in [0.15, 0.2) is 24.4 Å². The number of carbonyl (C=O) groups excluding carboxylic acids is 1. The molecule has 2 saturated heterocycles. The van der Waals surface area contributed by atoms with Crippen molar-refractivity contribution in [2.45, 2.75) is 58.3 Å². The molecule has 36 heavy (non-hydrogen) atoms. The summed E-state index contributed by atoms with van der Waals surface area (Å²) in [5.74, 6) is 1.56. The van der Waals surface area contributed by atoms with Crippen LogP contribution in [0.4, 0.5) is 23.1 Å². The highest BCUT2D eigenvalue weighted by Gasteiger charge is 2.25. The Morgan fingerprint density at radius 1 is 1.22 bits per heavy atom. The van der Waals surface area contributed by atoms with E-state index in [1.807, 2.05) is 24.8 Å². The standard InChI is InChI=1S/C25H30N8O3/c1-16(2)36-24-17(25(34)32-11-5-6-12-32)9-10-19(30-24)28-18-14-20(29-22-8-4-7-13-35-22)31-33-21(26-3)15-27-23(18)33/h9-10,14-16,22H,4-8,11-13H2,1-2H3,(H,28,30)(H,29,31). The minimum atomic E-state index is -0.148. The van der Waals surface area contributed by atoms with Crippen LogP contribution in [-0.4, -0.2) is 62.4 Å².